The summed E-state index contributed by atoms with van der Waals surface area (Å²) >= 11 is 0. The largest absolute Gasteiger partial charge is 0.393 e. The van der Waals surface area contributed by atoms with Crippen molar-refractivity contribution in [2.24, 2.45) is 5.14 Å². The summed E-state index contributed by atoms with van der Waals surface area (Å²) in [5, 5.41) is 25.7. The third-order valence-electron chi connectivity index (χ3n) is 3.01. The maximum Gasteiger partial charge on any atom is 0.274 e. The van der Waals surface area contributed by atoms with Gasteiger partial charge in [-0.3, -0.25) is 10.1 Å². The molecule has 0 aliphatic rings. The van der Waals surface area contributed by atoms with E-state index in [1.807, 2.05) is 0 Å². The van der Waals surface area contributed by atoms with Gasteiger partial charge in [-0.15, -0.1) is 0 Å². The van der Waals surface area contributed by atoms with Gasteiger partial charge < -0.3 is 5.11 Å². The molecule has 1 aromatic carbocycles. The number of aliphatic hydroxyl groups is 1. The van der Waals surface area contributed by atoms with Gasteiger partial charge in [0, 0.05) is 17.5 Å². The third-order valence-corrected chi connectivity index (χ3v) is 3.92. The summed E-state index contributed by atoms with van der Waals surface area (Å²) in [4.78, 5) is 10.0. The lowest BCUT2D eigenvalue weighted by Crippen LogP contribution is -2.17. The lowest BCUT2D eigenvalue weighted by Gasteiger charge is -2.17. The van der Waals surface area contributed by atoms with Crippen LogP contribution < -0.4 is 5.14 Å². The van der Waals surface area contributed by atoms with Crippen molar-refractivity contribution in [3.05, 3.63) is 33.9 Å². The van der Waals surface area contributed by atoms with Gasteiger partial charge >= 0.3 is 0 Å². The first-order valence-corrected chi connectivity index (χ1v) is 7.22. The Kier molecular flexibility index (Phi) is 4.61. The SMILES string of the molecule is CCC(O)C(C)c1ccc(S(N)(=O)=O)cc1[N+](=O)[O-]. The molecule has 3 N–H and O–H groups in total. The van der Waals surface area contributed by atoms with E-state index in [9.17, 15) is 23.6 Å². The zero-order valence-electron chi connectivity index (χ0n) is 10.6. The normalized spacial score (nSPS) is 14.9. The molecule has 7 nitrogen and oxygen atoms in total. The number of nitro groups is 1. The van der Waals surface area contributed by atoms with Crippen LogP contribution in [-0.2, 0) is 10.0 Å². The van der Waals surface area contributed by atoms with Crippen molar-refractivity contribution in [2.75, 3.05) is 0 Å². The van der Waals surface area contributed by atoms with E-state index in [0.29, 0.717) is 6.42 Å². The molecule has 106 valence electrons. The standard InChI is InChI=1S/C11H16N2O5S/c1-3-11(14)7(2)9-5-4-8(19(12,17)18)6-10(9)13(15)16/h4-7,11,14H,3H2,1-2H3,(H2,12,17,18). The summed E-state index contributed by atoms with van der Waals surface area (Å²) in [6.07, 6.45) is -0.297. The van der Waals surface area contributed by atoms with Crippen LogP contribution in [0.1, 0.15) is 31.7 Å². The molecule has 0 saturated heterocycles. The van der Waals surface area contributed by atoms with E-state index < -0.39 is 27.0 Å². The molecule has 0 aliphatic carbocycles. The summed E-state index contributed by atoms with van der Waals surface area (Å²) in [5.41, 5.74) is -0.0710. The van der Waals surface area contributed by atoms with Gasteiger partial charge in [0.05, 0.1) is 15.9 Å². The molecular weight excluding hydrogens is 272 g/mol. The summed E-state index contributed by atoms with van der Waals surface area (Å²) in [6, 6.07) is 3.45. The Labute approximate surface area is 111 Å². The lowest BCUT2D eigenvalue weighted by atomic mass is 9.92. The van der Waals surface area contributed by atoms with Gasteiger partial charge in [0.1, 0.15) is 0 Å². The van der Waals surface area contributed by atoms with Gasteiger partial charge in [-0.25, -0.2) is 13.6 Å². The van der Waals surface area contributed by atoms with E-state index in [4.69, 9.17) is 5.14 Å². The van der Waals surface area contributed by atoms with Crippen molar-refractivity contribution >= 4 is 15.7 Å². The maximum atomic E-state index is 11.2. The zero-order chi connectivity index (χ0) is 14.8. The van der Waals surface area contributed by atoms with Crippen LogP contribution in [-0.4, -0.2) is 24.6 Å². The van der Waals surface area contributed by atoms with Gasteiger partial charge in [0.2, 0.25) is 10.0 Å². The first kappa shape index (κ1) is 15.5. The smallest absolute Gasteiger partial charge is 0.274 e. The van der Waals surface area contributed by atoms with E-state index in [2.05, 4.69) is 0 Å². The van der Waals surface area contributed by atoms with Gasteiger partial charge in [0.15, 0.2) is 0 Å². The third kappa shape index (κ3) is 3.49. The van der Waals surface area contributed by atoms with Crippen LogP contribution in [0.15, 0.2) is 23.1 Å². The van der Waals surface area contributed by atoms with Crippen LogP contribution in [0.25, 0.3) is 0 Å². The molecule has 1 aromatic rings. The second kappa shape index (κ2) is 5.64. The van der Waals surface area contributed by atoms with Crippen molar-refractivity contribution < 1.29 is 18.4 Å². The summed E-state index contributed by atoms with van der Waals surface area (Å²) in [6.45, 7) is 3.40. The van der Waals surface area contributed by atoms with Crippen molar-refractivity contribution in [3.63, 3.8) is 0 Å². The highest BCUT2D eigenvalue weighted by Crippen LogP contribution is 2.31. The summed E-state index contributed by atoms with van der Waals surface area (Å²) < 4.78 is 22.4. The number of nitro benzene ring substituents is 1. The number of nitrogens with zero attached hydrogens (tertiary/aromatic N) is 1. The van der Waals surface area contributed by atoms with Crippen molar-refractivity contribution in [2.45, 2.75) is 37.2 Å². The molecule has 0 heterocycles. The van der Waals surface area contributed by atoms with Gasteiger partial charge in [-0.05, 0) is 12.5 Å². The molecule has 0 fully saturated rings. The average molecular weight is 288 g/mol. The molecular formula is C11H16N2O5S. The van der Waals surface area contributed by atoms with E-state index in [-0.39, 0.29) is 16.1 Å². The molecule has 2 unspecified atom stereocenters. The molecule has 1 rings (SSSR count). The minimum Gasteiger partial charge on any atom is -0.393 e. The fourth-order valence-corrected chi connectivity index (χ4v) is 2.34. The minimum atomic E-state index is -3.99. The van der Waals surface area contributed by atoms with Gasteiger partial charge in [-0.2, -0.15) is 0 Å². The molecule has 8 heteroatoms. The fourth-order valence-electron chi connectivity index (χ4n) is 1.80. The van der Waals surface area contributed by atoms with Crippen LogP contribution in [0.5, 0.6) is 0 Å². The number of sulfonamides is 1. The fraction of sp³-hybridized carbons (Fsp3) is 0.455. The maximum absolute atomic E-state index is 11.2. The first-order valence-electron chi connectivity index (χ1n) is 5.67. The van der Waals surface area contributed by atoms with Gasteiger partial charge in [-0.1, -0.05) is 19.9 Å². The number of rotatable bonds is 5. The quantitative estimate of drug-likeness (QED) is 0.620. The molecule has 2 atom stereocenters. The van der Waals surface area contributed by atoms with Crippen LogP contribution in [0.3, 0.4) is 0 Å². The highest BCUT2D eigenvalue weighted by Gasteiger charge is 2.25. The Balaban J connectivity index is 3.39. The Morgan fingerprint density at radius 2 is 2.05 bits per heavy atom. The summed E-state index contributed by atoms with van der Waals surface area (Å²) in [7, 11) is -3.99. The molecule has 0 amide bonds. The molecule has 19 heavy (non-hydrogen) atoms. The van der Waals surface area contributed by atoms with Crippen LogP contribution >= 0.6 is 0 Å². The monoisotopic (exact) mass is 288 g/mol. The highest BCUT2D eigenvalue weighted by atomic mass is 32.2. The number of aliphatic hydroxyl groups excluding tert-OH is 1. The Hall–Kier alpha value is -1.51. The molecule has 0 aliphatic heterocycles. The zero-order valence-corrected chi connectivity index (χ0v) is 11.4. The van der Waals surface area contributed by atoms with E-state index >= 15 is 0 Å². The Morgan fingerprint density at radius 1 is 1.47 bits per heavy atom. The summed E-state index contributed by atoms with van der Waals surface area (Å²) in [5.74, 6) is -0.472. The van der Waals surface area contributed by atoms with Crippen LogP contribution in [0, 0.1) is 10.1 Å². The predicted octanol–water partition coefficient (Wildman–Crippen LogP) is 1.12. The topological polar surface area (TPSA) is 124 Å². The van der Waals surface area contributed by atoms with Crippen molar-refractivity contribution in [3.8, 4) is 0 Å². The van der Waals surface area contributed by atoms with Crippen LogP contribution in [0.2, 0.25) is 0 Å². The first-order chi connectivity index (χ1) is 8.68. The van der Waals surface area contributed by atoms with E-state index in [1.165, 1.54) is 12.1 Å². The molecule has 0 bridgehead atoms. The second-order valence-corrected chi connectivity index (χ2v) is 5.85. The average Bonchev–Trinajstić information content (AvgIpc) is 2.35. The number of hydrogen-bond donors (Lipinski definition) is 2. The molecule has 0 saturated carbocycles. The predicted molar refractivity (Wildman–Crippen MR) is 69.2 cm³/mol. The van der Waals surface area contributed by atoms with E-state index in [0.717, 1.165) is 6.07 Å². The van der Waals surface area contributed by atoms with Crippen LogP contribution in [0.4, 0.5) is 5.69 Å². The lowest BCUT2D eigenvalue weighted by molar-refractivity contribution is -0.386. The highest BCUT2D eigenvalue weighted by molar-refractivity contribution is 7.89. The number of primary sulfonamides is 1. The molecule has 0 spiro atoms. The Bertz CT molecular complexity index is 585. The number of benzene rings is 1. The van der Waals surface area contributed by atoms with Crippen molar-refractivity contribution in [1.29, 1.82) is 0 Å². The molecule has 0 radical (unpaired) electrons. The number of hydrogen-bond acceptors (Lipinski definition) is 5. The second-order valence-electron chi connectivity index (χ2n) is 4.29. The van der Waals surface area contributed by atoms with E-state index in [1.54, 1.807) is 13.8 Å². The number of nitrogens with two attached hydrogens (primary N) is 1. The van der Waals surface area contributed by atoms with Gasteiger partial charge in [0.25, 0.3) is 5.69 Å². The Morgan fingerprint density at radius 3 is 2.47 bits per heavy atom. The molecule has 0 aromatic heterocycles. The minimum absolute atomic E-state index is 0.284. The van der Waals surface area contributed by atoms with Crippen molar-refractivity contribution in [1.82, 2.24) is 0 Å².